The molecule has 110 valence electrons. The third kappa shape index (κ3) is 5.37. The highest BCUT2D eigenvalue weighted by molar-refractivity contribution is 9.10. The van der Waals surface area contributed by atoms with E-state index in [4.69, 9.17) is 0 Å². The maximum Gasteiger partial charge on any atom is 0.0456 e. The number of rotatable bonds is 5. The molecule has 1 aliphatic rings. The topological polar surface area (TPSA) is 15.3 Å². The molecule has 2 rings (SSSR count). The van der Waals surface area contributed by atoms with E-state index in [9.17, 15) is 0 Å². The van der Waals surface area contributed by atoms with Crippen molar-refractivity contribution in [1.82, 2.24) is 10.2 Å². The third-order valence-corrected chi connectivity index (χ3v) is 5.16. The van der Waals surface area contributed by atoms with Gasteiger partial charge in [0.2, 0.25) is 0 Å². The molecule has 2 nitrogen and oxygen atoms in total. The zero-order chi connectivity index (χ0) is 12.1. The average Bonchev–Trinajstić information content (AvgIpc) is 2.78. The van der Waals surface area contributed by atoms with Crippen molar-refractivity contribution in [1.29, 1.82) is 0 Å². The molecular formula is C13H21BrCl2N2S. The number of halogens is 3. The smallest absolute Gasteiger partial charge is 0.0456 e. The predicted molar refractivity (Wildman–Crippen MR) is 93.1 cm³/mol. The molecule has 1 saturated heterocycles. The van der Waals surface area contributed by atoms with E-state index in [0.29, 0.717) is 6.04 Å². The molecule has 1 aliphatic heterocycles. The van der Waals surface area contributed by atoms with Crippen LogP contribution < -0.4 is 5.32 Å². The van der Waals surface area contributed by atoms with Crippen molar-refractivity contribution in [2.45, 2.75) is 18.9 Å². The maximum absolute atomic E-state index is 3.84. The van der Waals surface area contributed by atoms with Crippen LogP contribution in [0.25, 0.3) is 0 Å². The quantitative estimate of drug-likeness (QED) is 0.759. The average molecular weight is 388 g/mol. The lowest BCUT2D eigenvalue weighted by Gasteiger charge is -2.34. The largest absolute Gasteiger partial charge is 0.314 e. The molecule has 1 aromatic heterocycles. The maximum atomic E-state index is 3.84. The van der Waals surface area contributed by atoms with Crippen LogP contribution in [0.1, 0.15) is 23.8 Å². The molecular weight excluding hydrogens is 367 g/mol. The van der Waals surface area contributed by atoms with Gasteiger partial charge in [-0.3, -0.25) is 4.90 Å². The van der Waals surface area contributed by atoms with E-state index < -0.39 is 0 Å². The number of nitrogens with one attached hydrogen (secondary N) is 1. The molecule has 6 heteroatoms. The molecule has 0 bridgehead atoms. The number of allylic oxidation sites excluding steroid dienone is 1. The van der Waals surface area contributed by atoms with Gasteiger partial charge in [-0.2, -0.15) is 0 Å². The van der Waals surface area contributed by atoms with Crippen LogP contribution in [-0.4, -0.2) is 31.1 Å². The molecule has 1 fully saturated rings. The third-order valence-electron chi connectivity index (χ3n) is 3.18. The van der Waals surface area contributed by atoms with E-state index >= 15 is 0 Å². The van der Waals surface area contributed by atoms with Gasteiger partial charge >= 0.3 is 0 Å². The Bertz CT molecular complexity index is 367. The fourth-order valence-corrected chi connectivity index (χ4v) is 4.10. The second-order valence-electron chi connectivity index (χ2n) is 4.30. The minimum absolute atomic E-state index is 0. The van der Waals surface area contributed by atoms with Crippen LogP contribution in [0.2, 0.25) is 0 Å². The fourth-order valence-electron chi connectivity index (χ4n) is 2.29. The highest BCUT2D eigenvalue weighted by Crippen LogP contribution is 2.35. The van der Waals surface area contributed by atoms with E-state index in [1.165, 1.54) is 15.8 Å². The van der Waals surface area contributed by atoms with Crippen LogP contribution in [0, 0.1) is 0 Å². The fraction of sp³-hybridized carbons (Fsp3) is 0.538. The number of hydrogen-bond donors (Lipinski definition) is 1. The van der Waals surface area contributed by atoms with E-state index in [1.54, 1.807) is 0 Å². The minimum Gasteiger partial charge on any atom is -0.314 e. The van der Waals surface area contributed by atoms with Gasteiger partial charge in [0.15, 0.2) is 0 Å². The lowest BCUT2D eigenvalue weighted by atomic mass is 10.1. The Balaban J connectivity index is 0.00000162. The summed E-state index contributed by atoms with van der Waals surface area (Å²) >= 11 is 5.53. The van der Waals surface area contributed by atoms with E-state index in [2.05, 4.69) is 44.2 Å². The van der Waals surface area contributed by atoms with Gasteiger partial charge in [-0.1, -0.05) is 6.08 Å². The Morgan fingerprint density at radius 1 is 1.42 bits per heavy atom. The first kappa shape index (κ1) is 19.4. The van der Waals surface area contributed by atoms with Crippen molar-refractivity contribution >= 4 is 52.1 Å². The molecule has 2 heterocycles. The van der Waals surface area contributed by atoms with Gasteiger partial charge in [0.25, 0.3) is 0 Å². The zero-order valence-electron chi connectivity index (χ0n) is 10.8. The lowest BCUT2D eigenvalue weighted by Crippen LogP contribution is -2.45. The van der Waals surface area contributed by atoms with Crippen LogP contribution in [0.4, 0.5) is 0 Å². The SMILES string of the molecule is C=CCC[C@H](c1sccc1Br)N1CCNCC1.Cl.Cl. The molecule has 0 radical (unpaired) electrons. The first-order chi connectivity index (χ1) is 8.33. The highest BCUT2D eigenvalue weighted by Gasteiger charge is 2.23. The van der Waals surface area contributed by atoms with Crippen LogP contribution in [0.15, 0.2) is 28.6 Å². The van der Waals surface area contributed by atoms with Gasteiger partial charge in [0.1, 0.15) is 0 Å². The zero-order valence-corrected chi connectivity index (χ0v) is 14.8. The van der Waals surface area contributed by atoms with E-state index in [0.717, 1.165) is 32.6 Å². The lowest BCUT2D eigenvalue weighted by molar-refractivity contribution is 0.168. The van der Waals surface area contributed by atoms with Gasteiger partial charge in [0, 0.05) is 41.6 Å². The van der Waals surface area contributed by atoms with Crippen LogP contribution in [0.3, 0.4) is 0 Å². The Morgan fingerprint density at radius 3 is 2.63 bits per heavy atom. The molecule has 1 N–H and O–H groups in total. The van der Waals surface area contributed by atoms with Gasteiger partial charge in [-0.25, -0.2) is 0 Å². The van der Waals surface area contributed by atoms with Crippen LogP contribution in [-0.2, 0) is 0 Å². The summed E-state index contributed by atoms with van der Waals surface area (Å²) in [5.74, 6) is 0. The van der Waals surface area contributed by atoms with Gasteiger partial charge < -0.3 is 5.32 Å². The van der Waals surface area contributed by atoms with Crippen molar-refractivity contribution < 1.29 is 0 Å². The summed E-state index contributed by atoms with van der Waals surface area (Å²) in [6, 6.07) is 2.70. The molecule has 1 aromatic rings. The summed E-state index contributed by atoms with van der Waals surface area (Å²) in [7, 11) is 0. The van der Waals surface area contributed by atoms with Crippen molar-refractivity contribution in [2.24, 2.45) is 0 Å². The molecule has 19 heavy (non-hydrogen) atoms. The van der Waals surface area contributed by atoms with Crippen LogP contribution >= 0.6 is 52.1 Å². The van der Waals surface area contributed by atoms with Crippen LogP contribution in [0.5, 0.6) is 0 Å². The monoisotopic (exact) mass is 386 g/mol. The molecule has 0 aliphatic carbocycles. The Kier molecular flexibility index (Phi) is 10.4. The molecule has 0 amide bonds. The summed E-state index contributed by atoms with van der Waals surface area (Å²) < 4.78 is 1.26. The molecule has 1 atom stereocenters. The van der Waals surface area contributed by atoms with Crippen molar-refractivity contribution in [3.8, 4) is 0 Å². The Labute approximate surface area is 140 Å². The van der Waals surface area contributed by atoms with Gasteiger partial charge in [-0.05, 0) is 40.2 Å². The number of nitrogens with zero attached hydrogens (tertiary/aromatic N) is 1. The van der Waals surface area contributed by atoms with Gasteiger partial charge in [-0.15, -0.1) is 42.7 Å². The molecule has 0 spiro atoms. The van der Waals surface area contributed by atoms with Crippen molar-refractivity contribution in [3.63, 3.8) is 0 Å². The summed E-state index contributed by atoms with van der Waals surface area (Å²) in [6.07, 6.45) is 4.28. The van der Waals surface area contributed by atoms with Crippen molar-refractivity contribution in [3.05, 3.63) is 33.5 Å². The number of hydrogen-bond acceptors (Lipinski definition) is 3. The second-order valence-corrected chi connectivity index (χ2v) is 6.10. The summed E-state index contributed by atoms with van der Waals surface area (Å²) in [6.45, 7) is 8.34. The second kappa shape index (κ2) is 10.2. The first-order valence-corrected chi connectivity index (χ1v) is 7.78. The molecule has 0 saturated carbocycles. The van der Waals surface area contributed by atoms with Gasteiger partial charge in [0.05, 0.1) is 0 Å². The van der Waals surface area contributed by atoms with E-state index in [1.807, 2.05) is 17.4 Å². The normalized spacial score (nSPS) is 17.1. The van der Waals surface area contributed by atoms with Crippen molar-refractivity contribution in [2.75, 3.05) is 26.2 Å². The highest BCUT2D eigenvalue weighted by atomic mass is 79.9. The first-order valence-electron chi connectivity index (χ1n) is 6.11. The summed E-state index contributed by atoms with van der Waals surface area (Å²) in [4.78, 5) is 4.06. The predicted octanol–water partition coefficient (Wildman–Crippen LogP) is 4.27. The Hall–Kier alpha value is 0.420. The summed E-state index contributed by atoms with van der Waals surface area (Å²) in [5, 5.41) is 5.58. The summed E-state index contributed by atoms with van der Waals surface area (Å²) in [5.41, 5.74) is 0. The van der Waals surface area contributed by atoms with E-state index in [-0.39, 0.29) is 24.8 Å². The Morgan fingerprint density at radius 2 is 2.11 bits per heavy atom. The number of piperazine rings is 1. The number of thiophene rings is 1. The minimum atomic E-state index is 0. The standard InChI is InChI=1S/C13H19BrN2S.2ClH/c1-2-3-4-12(13-11(14)5-10-17-13)16-8-6-15-7-9-16;;/h2,5,10,12,15H,1,3-4,6-9H2;2*1H/t12-;;/m1../s1. The molecule has 0 unspecified atom stereocenters. The molecule has 0 aromatic carbocycles.